The van der Waals surface area contributed by atoms with E-state index in [1.807, 2.05) is 5.32 Å². The minimum atomic E-state index is -1.82. The lowest BCUT2D eigenvalue weighted by Crippen LogP contribution is -2.57. The van der Waals surface area contributed by atoms with Gasteiger partial charge in [0.05, 0.1) is 18.9 Å². The van der Waals surface area contributed by atoms with Gasteiger partial charge in [0, 0.05) is 13.1 Å². The van der Waals surface area contributed by atoms with Gasteiger partial charge in [0.25, 0.3) is 0 Å². The predicted octanol–water partition coefficient (Wildman–Crippen LogP) is -5.09. The van der Waals surface area contributed by atoms with Crippen molar-refractivity contribution in [3.05, 3.63) is 0 Å². The minimum Gasteiger partial charge on any atom is -0.481 e. The number of hydrogen-bond donors (Lipinski definition) is 11. The fraction of sp³-hybridized carbons (Fsp3) is 0.600. The van der Waals surface area contributed by atoms with Crippen molar-refractivity contribution in [1.29, 1.82) is 0 Å². The molecule has 0 bridgehead atoms. The van der Waals surface area contributed by atoms with Crippen LogP contribution in [0.1, 0.15) is 38.5 Å². The highest BCUT2D eigenvalue weighted by atomic mass is 16.4. The Bertz CT molecular complexity index is 948. The number of nitrogens with two attached hydrogens (primary N) is 5. The lowest BCUT2D eigenvalue weighted by Gasteiger charge is -2.24. The third kappa shape index (κ3) is 15.9. The van der Waals surface area contributed by atoms with E-state index in [0.717, 1.165) is 0 Å². The van der Waals surface area contributed by atoms with E-state index >= 15 is 0 Å². The first-order valence-electron chi connectivity index (χ1n) is 11.6. The van der Waals surface area contributed by atoms with Crippen LogP contribution in [0.25, 0.3) is 0 Å². The van der Waals surface area contributed by atoms with E-state index in [-0.39, 0.29) is 44.3 Å². The molecule has 0 aliphatic rings. The topological polar surface area (TPSA) is 354 Å². The number of carbonyl (C=O) groups excluding carboxylic acids is 3. The monoisotopic (exact) mass is 560 g/mol. The molecule has 0 aliphatic heterocycles. The van der Waals surface area contributed by atoms with Crippen LogP contribution in [0.4, 0.5) is 0 Å². The van der Waals surface area contributed by atoms with Crippen LogP contribution in [0.3, 0.4) is 0 Å². The van der Waals surface area contributed by atoms with E-state index in [2.05, 4.69) is 20.6 Å². The number of guanidine groups is 2. The Morgan fingerprint density at radius 2 is 1.03 bits per heavy atom. The van der Waals surface area contributed by atoms with E-state index in [9.17, 15) is 39.0 Å². The molecular formula is C20H36N10O9. The quantitative estimate of drug-likeness (QED) is 0.0400. The van der Waals surface area contributed by atoms with Crippen molar-refractivity contribution in [2.24, 2.45) is 38.7 Å². The first kappa shape index (κ1) is 34.3. The largest absolute Gasteiger partial charge is 0.481 e. The van der Waals surface area contributed by atoms with Crippen LogP contribution in [0.15, 0.2) is 9.98 Å². The smallest absolute Gasteiger partial charge is 0.326 e. The molecule has 0 rings (SSSR count). The average Bonchev–Trinajstić information content (AvgIpc) is 2.81. The fourth-order valence-corrected chi connectivity index (χ4v) is 3.00. The highest BCUT2D eigenvalue weighted by molar-refractivity contribution is 5.96. The second kappa shape index (κ2) is 17.7. The molecule has 16 N–H and O–H groups in total. The highest BCUT2D eigenvalue weighted by Crippen LogP contribution is 2.05. The van der Waals surface area contributed by atoms with E-state index in [1.54, 1.807) is 0 Å². The van der Waals surface area contributed by atoms with Crippen molar-refractivity contribution in [3.8, 4) is 0 Å². The summed E-state index contributed by atoms with van der Waals surface area (Å²) in [5, 5.41) is 33.8. The molecule has 0 radical (unpaired) electrons. The molecule has 39 heavy (non-hydrogen) atoms. The third-order valence-electron chi connectivity index (χ3n) is 4.89. The van der Waals surface area contributed by atoms with Gasteiger partial charge in [0.1, 0.15) is 18.1 Å². The number of rotatable bonds is 19. The first-order chi connectivity index (χ1) is 18.1. The number of carbonyl (C=O) groups is 6. The molecule has 0 saturated carbocycles. The van der Waals surface area contributed by atoms with Gasteiger partial charge in [-0.05, 0) is 25.7 Å². The number of aliphatic imine (C=N–C) groups is 2. The molecule has 0 aromatic heterocycles. The number of aliphatic carboxylic acids is 3. The number of amides is 3. The van der Waals surface area contributed by atoms with Gasteiger partial charge >= 0.3 is 17.9 Å². The van der Waals surface area contributed by atoms with Gasteiger partial charge in [-0.2, -0.15) is 0 Å². The fourth-order valence-electron chi connectivity index (χ4n) is 3.00. The Hall–Kier alpha value is -4.68. The lowest BCUT2D eigenvalue weighted by molar-refractivity contribution is -0.147. The summed E-state index contributed by atoms with van der Waals surface area (Å²) < 4.78 is 0. The summed E-state index contributed by atoms with van der Waals surface area (Å²) in [7, 11) is 0. The molecule has 0 spiro atoms. The van der Waals surface area contributed by atoms with E-state index in [0.29, 0.717) is 6.42 Å². The van der Waals surface area contributed by atoms with Crippen molar-refractivity contribution in [2.45, 2.75) is 62.7 Å². The zero-order valence-corrected chi connectivity index (χ0v) is 21.0. The standard InChI is InChI=1S/C20H36N10O9/c21-9(3-1-5-26-19(22)23)15(35)29-11(7-13(31)32)17(37)28-10(4-2-6-27-20(24)25)16(36)30-12(18(38)39)8-14(33)34/h9-12H,1-8,21H2,(H,28,37)(H,29,35)(H,30,36)(H,31,32)(H,33,34)(H,38,39)(H4,22,23,26)(H4,24,25,27). The molecule has 4 unspecified atom stereocenters. The highest BCUT2D eigenvalue weighted by Gasteiger charge is 2.31. The Balaban J connectivity index is 5.60. The van der Waals surface area contributed by atoms with Gasteiger partial charge in [-0.25, -0.2) is 4.79 Å². The number of nitrogens with zero attached hydrogens (tertiary/aromatic N) is 2. The SMILES string of the molecule is NC(N)=NCCCC(N)C(=O)NC(CC(=O)O)C(=O)NC(CCCN=C(N)N)C(=O)NC(CC(=O)O)C(=O)O. The van der Waals surface area contributed by atoms with Crippen molar-refractivity contribution < 1.29 is 44.1 Å². The maximum Gasteiger partial charge on any atom is 0.326 e. The molecule has 3 amide bonds. The first-order valence-corrected chi connectivity index (χ1v) is 11.6. The summed E-state index contributed by atoms with van der Waals surface area (Å²) in [5.41, 5.74) is 26.7. The van der Waals surface area contributed by atoms with Crippen molar-refractivity contribution in [3.63, 3.8) is 0 Å². The van der Waals surface area contributed by atoms with Crippen molar-refractivity contribution in [1.82, 2.24) is 16.0 Å². The predicted molar refractivity (Wildman–Crippen MR) is 136 cm³/mol. The van der Waals surface area contributed by atoms with Gasteiger partial charge < -0.3 is 59.9 Å². The van der Waals surface area contributed by atoms with Crippen LogP contribution < -0.4 is 44.6 Å². The number of hydrogen-bond acceptors (Lipinski definition) is 9. The zero-order valence-electron chi connectivity index (χ0n) is 21.0. The van der Waals surface area contributed by atoms with Crippen LogP contribution in [0.5, 0.6) is 0 Å². The molecule has 4 atom stereocenters. The maximum absolute atomic E-state index is 12.9. The second-order valence-electron chi connectivity index (χ2n) is 8.22. The summed E-state index contributed by atoms with van der Waals surface area (Å²) in [6.45, 7) is 0.196. The third-order valence-corrected chi connectivity index (χ3v) is 4.89. The summed E-state index contributed by atoms with van der Waals surface area (Å²) in [6, 6.07) is -6.10. The van der Waals surface area contributed by atoms with Gasteiger partial charge in [0.15, 0.2) is 11.9 Å². The summed E-state index contributed by atoms with van der Waals surface area (Å²) in [6.07, 6.45) is -1.48. The Labute approximate surface area is 222 Å². The zero-order chi connectivity index (χ0) is 30.1. The van der Waals surface area contributed by atoms with E-state index in [1.165, 1.54) is 0 Å². The van der Waals surface area contributed by atoms with E-state index in [4.69, 9.17) is 33.8 Å². The second-order valence-corrected chi connectivity index (χ2v) is 8.22. The van der Waals surface area contributed by atoms with Crippen LogP contribution in [-0.2, 0) is 28.8 Å². The van der Waals surface area contributed by atoms with Crippen LogP contribution in [-0.4, -0.2) is 100 Å². The normalized spacial score (nSPS) is 13.5. The lowest BCUT2D eigenvalue weighted by atomic mass is 10.1. The van der Waals surface area contributed by atoms with Gasteiger partial charge in [-0.3, -0.25) is 34.0 Å². The Morgan fingerprint density at radius 3 is 1.49 bits per heavy atom. The maximum atomic E-state index is 12.9. The van der Waals surface area contributed by atoms with Crippen molar-refractivity contribution >= 4 is 47.5 Å². The summed E-state index contributed by atoms with van der Waals surface area (Å²) in [5.74, 6) is -8.02. The average molecular weight is 561 g/mol. The Kier molecular flexibility index (Phi) is 15.6. The van der Waals surface area contributed by atoms with Crippen LogP contribution >= 0.6 is 0 Å². The van der Waals surface area contributed by atoms with Gasteiger partial charge in [-0.15, -0.1) is 0 Å². The molecule has 0 aromatic rings. The number of carboxylic acid groups (broad SMARTS) is 3. The van der Waals surface area contributed by atoms with Gasteiger partial charge in [-0.1, -0.05) is 0 Å². The molecule has 19 heteroatoms. The summed E-state index contributed by atoms with van der Waals surface area (Å²) >= 11 is 0. The molecular weight excluding hydrogens is 524 g/mol. The molecule has 0 heterocycles. The molecule has 220 valence electrons. The molecule has 0 saturated heterocycles. The molecule has 0 aliphatic carbocycles. The summed E-state index contributed by atoms with van der Waals surface area (Å²) in [4.78, 5) is 79.1. The number of carboxylic acids is 3. The minimum absolute atomic E-state index is 0.0173. The van der Waals surface area contributed by atoms with Gasteiger partial charge in [0.2, 0.25) is 17.7 Å². The molecule has 0 aromatic carbocycles. The molecule has 0 fully saturated rings. The number of nitrogens with one attached hydrogen (secondary N) is 3. The van der Waals surface area contributed by atoms with E-state index < -0.39 is 72.6 Å². The van der Waals surface area contributed by atoms with Crippen LogP contribution in [0.2, 0.25) is 0 Å². The van der Waals surface area contributed by atoms with Crippen molar-refractivity contribution in [2.75, 3.05) is 13.1 Å². The van der Waals surface area contributed by atoms with Crippen LogP contribution in [0, 0.1) is 0 Å². The Morgan fingerprint density at radius 1 is 0.615 bits per heavy atom. The molecule has 19 nitrogen and oxygen atoms in total.